The Balaban J connectivity index is 1.45. The number of anilines is 1. The molecule has 0 saturated heterocycles. The fourth-order valence-corrected chi connectivity index (χ4v) is 3.24. The Labute approximate surface area is 174 Å². The van der Waals surface area contributed by atoms with Gasteiger partial charge in [-0.3, -0.25) is 14.4 Å². The molecule has 0 bridgehead atoms. The third kappa shape index (κ3) is 3.83. The maximum atomic E-state index is 13.6. The highest BCUT2D eigenvalue weighted by Gasteiger charge is 2.29. The number of benzene rings is 3. The summed E-state index contributed by atoms with van der Waals surface area (Å²) in [5.74, 6) is -4.47. The van der Waals surface area contributed by atoms with Crippen molar-refractivity contribution in [3.05, 3.63) is 100 Å². The molecule has 0 fully saturated rings. The van der Waals surface area contributed by atoms with Crippen LogP contribution in [-0.4, -0.2) is 30.0 Å². The Bertz CT molecular complexity index is 1270. The lowest BCUT2D eigenvalue weighted by Gasteiger charge is -2.18. The van der Waals surface area contributed by atoms with Gasteiger partial charge in [0.2, 0.25) is 0 Å². The predicted octanol–water partition coefficient (Wildman–Crippen LogP) is 3.54. The van der Waals surface area contributed by atoms with Crippen molar-refractivity contribution in [3.8, 4) is 0 Å². The van der Waals surface area contributed by atoms with E-state index in [1.807, 2.05) is 0 Å². The molecule has 0 atom stereocenters. The minimum absolute atomic E-state index is 0.145. The maximum absolute atomic E-state index is 13.6. The Morgan fingerprint density at radius 3 is 2.13 bits per heavy atom. The van der Waals surface area contributed by atoms with Crippen LogP contribution < -0.4 is 5.32 Å². The number of carbonyl (C=O) groups excluding carboxylic acids is 4. The van der Waals surface area contributed by atoms with E-state index in [-0.39, 0.29) is 33.9 Å². The average molecular weight is 421 g/mol. The van der Waals surface area contributed by atoms with Gasteiger partial charge in [0, 0.05) is 34.0 Å². The van der Waals surface area contributed by atoms with E-state index < -0.39 is 35.7 Å². The first-order valence-corrected chi connectivity index (χ1v) is 9.09. The Morgan fingerprint density at radius 2 is 1.45 bits per heavy atom. The van der Waals surface area contributed by atoms with Crippen LogP contribution in [0, 0.1) is 11.6 Å². The van der Waals surface area contributed by atoms with Gasteiger partial charge >= 0.3 is 5.97 Å². The summed E-state index contributed by atoms with van der Waals surface area (Å²) in [6, 6.07) is 13.0. The number of ether oxygens (including phenoxy) is 1. The molecule has 154 valence electrons. The first kappa shape index (κ1) is 20.1. The van der Waals surface area contributed by atoms with Crippen molar-refractivity contribution in [2.45, 2.75) is 0 Å². The SMILES string of the molecule is O=C(COC(=O)c1ccc(F)cc1F)Nc1ccc2c(c1)C(=O)c1ccccc1C2=O. The molecule has 4 rings (SSSR count). The normalized spacial score (nSPS) is 12.1. The van der Waals surface area contributed by atoms with Gasteiger partial charge in [-0.25, -0.2) is 13.6 Å². The lowest BCUT2D eigenvalue weighted by molar-refractivity contribution is -0.119. The second-order valence-electron chi connectivity index (χ2n) is 6.71. The van der Waals surface area contributed by atoms with Crippen molar-refractivity contribution in [1.29, 1.82) is 0 Å². The van der Waals surface area contributed by atoms with Gasteiger partial charge in [-0.2, -0.15) is 0 Å². The Hall–Kier alpha value is -4.20. The molecular weight excluding hydrogens is 408 g/mol. The second kappa shape index (κ2) is 7.91. The molecule has 31 heavy (non-hydrogen) atoms. The number of hydrogen-bond donors (Lipinski definition) is 1. The van der Waals surface area contributed by atoms with E-state index in [9.17, 15) is 28.0 Å². The standard InChI is InChI=1S/C23H13F2NO5/c24-12-5-7-17(19(25)9-12)23(30)31-11-20(27)26-13-6-8-16-18(10-13)22(29)15-4-2-1-3-14(15)21(16)28/h1-10H,11H2,(H,26,27). The molecule has 1 amide bonds. The van der Waals surface area contributed by atoms with E-state index >= 15 is 0 Å². The third-order valence-corrected chi connectivity index (χ3v) is 4.69. The van der Waals surface area contributed by atoms with Gasteiger partial charge in [-0.1, -0.05) is 24.3 Å². The largest absolute Gasteiger partial charge is 0.452 e. The highest BCUT2D eigenvalue weighted by atomic mass is 19.1. The summed E-state index contributed by atoms with van der Waals surface area (Å²) >= 11 is 0. The molecule has 1 aliphatic rings. The molecule has 1 aliphatic carbocycles. The number of rotatable bonds is 4. The van der Waals surface area contributed by atoms with Crippen molar-refractivity contribution >= 4 is 29.1 Å². The molecule has 3 aromatic carbocycles. The van der Waals surface area contributed by atoms with Gasteiger partial charge in [-0.15, -0.1) is 0 Å². The van der Waals surface area contributed by atoms with Gasteiger partial charge in [0.05, 0.1) is 5.56 Å². The van der Waals surface area contributed by atoms with Gasteiger partial charge in [0.25, 0.3) is 5.91 Å². The van der Waals surface area contributed by atoms with Crippen LogP contribution in [0.25, 0.3) is 0 Å². The summed E-state index contributed by atoms with van der Waals surface area (Å²) in [6.45, 7) is -0.734. The molecule has 3 aromatic rings. The predicted molar refractivity (Wildman–Crippen MR) is 105 cm³/mol. The second-order valence-corrected chi connectivity index (χ2v) is 6.71. The Morgan fingerprint density at radius 1 is 0.806 bits per heavy atom. The van der Waals surface area contributed by atoms with Crippen LogP contribution >= 0.6 is 0 Å². The quantitative estimate of drug-likeness (QED) is 0.509. The fourth-order valence-electron chi connectivity index (χ4n) is 3.24. The summed E-state index contributed by atoms with van der Waals surface area (Å²) in [7, 11) is 0. The lowest BCUT2D eigenvalue weighted by atomic mass is 9.84. The summed E-state index contributed by atoms with van der Waals surface area (Å²) in [5.41, 5.74) is 0.668. The number of amides is 1. The van der Waals surface area contributed by atoms with E-state index in [0.29, 0.717) is 11.6 Å². The van der Waals surface area contributed by atoms with Crippen LogP contribution in [0.4, 0.5) is 14.5 Å². The van der Waals surface area contributed by atoms with Crippen LogP contribution in [0.2, 0.25) is 0 Å². The molecule has 0 radical (unpaired) electrons. The topological polar surface area (TPSA) is 89.5 Å². The summed E-state index contributed by atoms with van der Waals surface area (Å²) in [5, 5.41) is 2.45. The van der Waals surface area contributed by atoms with Crippen LogP contribution in [0.15, 0.2) is 60.7 Å². The molecule has 0 heterocycles. The van der Waals surface area contributed by atoms with Gasteiger partial charge < -0.3 is 10.1 Å². The zero-order valence-electron chi connectivity index (χ0n) is 15.8. The summed E-state index contributed by atoms with van der Waals surface area (Å²) in [4.78, 5) is 49.3. The van der Waals surface area contributed by atoms with Gasteiger partial charge in [0.1, 0.15) is 11.6 Å². The number of fused-ring (bicyclic) bond motifs is 2. The highest BCUT2D eigenvalue weighted by molar-refractivity contribution is 6.28. The van der Waals surface area contributed by atoms with Crippen molar-refractivity contribution < 1.29 is 32.7 Å². The number of carbonyl (C=O) groups is 4. The zero-order valence-corrected chi connectivity index (χ0v) is 15.8. The lowest BCUT2D eigenvalue weighted by Crippen LogP contribution is -2.23. The first-order valence-electron chi connectivity index (χ1n) is 9.09. The monoisotopic (exact) mass is 421 g/mol. The number of esters is 1. The number of ketones is 2. The van der Waals surface area contributed by atoms with Crippen LogP contribution in [0.5, 0.6) is 0 Å². The molecule has 0 aliphatic heterocycles. The van der Waals surface area contributed by atoms with E-state index in [0.717, 1.165) is 12.1 Å². The molecule has 0 saturated carbocycles. The van der Waals surface area contributed by atoms with Crippen molar-refractivity contribution in [2.75, 3.05) is 11.9 Å². The number of halogens is 2. The summed E-state index contributed by atoms with van der Waals surface area (Å²) < 4.78 is 31.3. The molecule has 0 aromatic heterocycles. The van der Waals surface area contributed by atoms with Crippen molar-refractivity contribution in [1.82, 2.24) is 0 Å². The highest BCUT2D eigenvalue weighted by Crippen LogP contribution is 2.29. The molecule has 6 nitrogen and oxygen atoms in total. The third-order valence-electron chi connectivity index (χ3n) is 4.69. The van der Waals surface area contributed by atoms with Crippen LogP contribution in [0.3, 0.4) is 0 Å². The smallest absolute Gasteiger partial charge is 0.341 e. The molecule has 8 heteroatoms. The van der Waals surface area contributed by atoms with Crippen LogP contribution in [-0.2, 0) is 9.53 Å². The first-order chi connectivity index (χ1) is 14.8. The Kier molecular flexibility index (Phi) is 5.12. The number of hydrogen-bond acceptors (Lipinski definition) is 5. The fraction of sp³-hybridized carbons (Fsp3) is 0.0435. The molecular formula is C23H13F2NO5. The van der Waals surface area contributed by atoms with E-state index in [1.165, 1.54) is 18.2 Å². The zero-order chi connectivity index (χ0) is 22.1. The number of nitrogens with one attached hydrogen (secondary N) is 1. The minimum Gasteiger partial charge on any atom is -0.452 e. The van der Waals surface area contributed by atoms with Crippen molar-refractivity contribution in [2.24, 2.45) is 0 Å². The van der Waals surface area contributed by atoms with E-state index in [1.54, 1.807) is 24.3 Å². The molecule has 1 N–H and O–H groups in total. The molecule has 0 spiro atoms. The van der Waals surface area contributed by atoms with Crippen molar-refractivity contribution in [3.63, 3.8) is 0 Å². The van der Waals surface area contributed by atoms with Gasteiger partial charge in [0.15, 0.2) is 18.2 Å². The van der Waals surface area contributed by atoms with E-state index in [4.69, 9.17) is 4.74 Å². The van der Waals surface area contributed by atoms with E-state index in [2.05, 4.69) is 5.32 Å². The van der Waals surface area contributed by atoms with Crippen LogP contribution in [0.1, 0.15) is 42.2 Å². The average Bonchev–Trinajstić information content (AvgIpc) is 2.76. The minimum atomic E-state index is -1.13. The molecule has 0 unspecified atom stereocenters. The van der Waals surface area contributed by atoms with Gasteiger partial charge in [-0.05, 0) is 30.3 Å². The maximum Gasteiger partial charge on any atom is 0.341 e. The summed E-state index contributed by atoms with van der Waals surface area (Å²) in [6.07, 6.45) is 0.